The Morgan fingerprint density at radius 3 is 2.65 bits per heavy atom. The molecule has 2 rings (SSSR count). The Hall–Kier alpha value is -2.38. The van der Waals surface area contributed by atoms with E-state index in [1.165, 1.54) is 6.92 Å². The number of carbonyl (C=O) groups excluding carboxylic acids is 2. The molecule has 8 nitrogen and oxygen atoms in total. The van der Waals surface area contributed by atoms with Crippen molar-refractivity contribution in [2.24, 2.45) is 0 Å². The highest BCUT2D eigenvalue weighted by Crippen LogP contribution is 2.28. The highest BCUT2D eigenvalue weighted by molar-refractivity contribution is 5.74. The third kappa shape index (κ3) is 5.06. The number of hydrogen-bond donors (Lipinski definition) is 3. The zero-order valence-corrected chi connectivity index (χ0v) is 16.2. The van der Waals surface area contributed by atoms with Gasteiger partial charge in [0.15, 0.2) is 0 Å². The van der Waals surface area contributed by atoms with E-state index in [0.29, 0.717) is 31.9 Å². The number of unbranched alkanes of at least 4 members (excludes halogenated alkanes) is 1. The minimum Gasteiger partial charge on any atom is -0.368 e. The van der Waals surface area contributed by atoms with Crippen molar-refractivity contribution in [2.75, 3.05) is 24.1 Å². The Bertz CT molecular complexity index is 678. The van der Waals surface area contributed by atoms with Crippen molar-refractivity contribution in [2.45, 2.75) is 65.5 Å². The number of carbonyl (C=O) groups is 2. The predicted octanol–water partition coefficient (Wildman–Crippen LogP) is 1.46. The summed E-state index contributed by atoms with van der Waals surface area (Å²) in [5.74, 6) is 0.866. The van der Waals surface area contributed by atoms with E-state index >= 15 is 0 Å². The normalized spacial score (nSPS) is 15.8. The average molecular weight is 362 g/mol. The Kier molecular flexibility index (Phi) is 6.39. The van der Waals surface area contributed by atoms with Crippen LogP contribution in [0.2, 0.25) is 0 Å². The summed E-state index contributed by atoms with van der Waals surface area (Å²) in [4.78, 5) is 33.6. The Labute approximate surface area is 154 Å². The second kappa shape index (κ2) is 8.33. The number of hydrogen-bond acceptors (Lipinski definition) is 6. The maximum Gasteiger partial charge on any atom is 0.222 e. The molecule has 4 N–H and O–H groups in total. The van der Waals surface area contributed by atoms with Gasteiger partial charge in [0.1, 0.15) is 5.82 Å². The summed E-state index contributed by atoms with van der Waals surface area (Å²) in [6.45, 7) is 8.88. The molecular weight excluding hydrogens is 332 g/mol. The van der Waals surface area contributed by atoms with E-state index in [-0.39, 0.29) is 23.3 Å². The molecule has 0 fully saturated rings. The molecule has 0 aromatic carbocycles. The minimum absolute atomic E-state index is 0.0285. The van der Waals surface area contributed by atoms with Crippen LogP contribution in [0.3, 0.4) is 0 Å². The predicted molar refractivity (Wildman–Crippen MR) is 101 cm³/mol. The summed E-state index contributed by atoms with van der Waals surface area (Å²) in [6, 6.07) is 0. The van der Waals surface area contributed by atoms with Gasteiger partial charge < -0.3 is 21.3 Å². The largest absolute Gasteiger partial charge is 0.368 e. The topological polar surface area (TPSA) is 113 Å². The molecule has 0 saturated carbocycles. The van der Waals surface area contributed by atoms with Crippen molar-refractivity contribution >= 4 is 23.6 Å². The van der Waals surface area contributed by atoms with Crippen LogP contribution in [0.15, 0.2) is 0 Å². The summed E-state index contributed by atoms with van der Waals surface area (Å²) in [5.41, 5.74) is 7.36. The van der Waals surface area contributed by atoms with Crippen molar-refractivity contribution in [3.05, 3.63) is 11.3 Å². The number of fused-ring (bicyclic) bond motifs is 1. The molecule has 1 aliphatic heterocycles. The van der Waals surface area contributed by atoms with E-state index in [1.807, 2.05) is 0 Å². The number of nitrogens with one attached hydrogen (secondary N) is 2. The first kappa shape index (κ1) is 19.9. The van der Waals surface area contributed by atoms with Gasteiger partial charge in [-0.25, -0.2) is 4.98 Å². The lowest BCUT2D eigenvalue weighted by molar-refractivity contribution is -0.129. The van der Waals surface area contributed by atoms with Gasteiger partial charge in [0.2, 0.25) is 17.8 Å². The van der Waals surface area contributed by atoms with Crippen LogP contribution in [0.25, 0.3) is 0 Å². The molecule has 2 amide bonds. The zero-order valence-electron chi connectivity index (χ0n) is 16.2. The monoisotopic (exact) mass is 362 g/mol. The zero-order chi connectivity index (χ0) is 19.3. The number of rotatable bonds is 7. The Balaban J connectivity index is 2.28. The van der Waals surface area contributed by atoms with Gasteiger partial charge >= 0.3 is 0 Å². The van der Waals surface area contributed by atoms with E-state index < -0.39 is 0 Å². The van der Waals surface area contributed by atoms with Gasteiger partial charge in [-0.1, -0.05) is 19.8 Å². The molecule has 1 aromatic heterocycles. The molecule has 1 aromatic rings. The molecule has 1 unspecified atom stereocenters. The number of nitrogen functional groups attached to an aromatic ring is 1. The maximum atomic E-state index is 11.7. The molecule has 144 valence electrons. The summed E-state index contributed by atoms with van der Waals surface area (Å²) in [5, 5.41) is 6.41. The van der Waals surface area contributed by atoms with Crippen molar-refractivity contribution in [1.29, 1.82) is 0 Å². The Morgan fingerprint density at radius 1 is 1.31 bits per heavy atom. The average Bonchev–Trinajstić information content (AvgIpc) is 2.57. The first-order valence-corrected chi connectivity index (χ1v) is 9.17. The Morgan fingerprint density at radius 2 is 2.04 bits per heavy atom. The van der Waals surface area contributed by atoms with Crippen LogP contribution in [-0.2, 0) is 22.6 Å². The number of nitrogens with zero attached hydrogens (tertiary/aromatic N) is 3. The van der Waals surface area contributed by atoms with Gasteiger partial charge in [0, 0.05) is 32.5 Å². The molecule has 0 bridgehead atoms. The lowest BCUT2D eigenvalue weighted by Gasteiger charge is -2.34. The van der Waals surface area contributed by atoms with E-state index in [1.54, 1.807) is 11.8 Å². The molecule has 8 heteroatoms. The fourth-order valence-electron chi connectivity index (χ4n) is 3.19. The van der Waals surface area contributed by atoms with E-state index in [2.05, 4.69) is 34.4 Å². The first-order valence-electron chi connectivity index (χ1n) is 9.17. The lowest BCUT2D eigenvalue weighted by atomic mass is 9.93. The van der Waals surface area contributed by atoms with E-state index in [9.17, 15) is 9.59 Å². The van der Waals surface area contributed by atoms with Crippen LogP contribution in [0.1, 0.15) is 58.2 Å². The molecule has 1 aliphatic rings. The molecule has 1 atom stereocenters. The highest BCUT2D eigenvalue weighted by Gasteiger charge is 2.29. The second-order valence-corrected chi connectivity index (χ2v) is 7.25. The van der Waals surface area contributed by atoms with Crippen LogP contribution in [0.4, 0.5) is 11.8 Å². The first-order chi connectivity index (χ1) is 12.2. The van der Waals surface area contributed by atoms with Crippen molar-refractivity contribution in [1.82, 2.24) is 20.2 Å². The summed E-state index contributed by atoms with van der Waals surface area (Å²) in [6.07, 6.45) is 3.67. The quantitative estimate of drug-likeness (QED) is 0.677. The van der Waals surface area contributed by atoms with Crippen LogP contribution in [0, 0.1) is 0 Å². The van der Waals surface area contributed by atoms with Crippen LogP contribution in [0.5, 0.6) is 0 Å². The van der Waals surface area contributed by atoms with Gasteiger partial charge in [-0.15, -0.1) is 0 Å². The van der Waals surface area contributed by atoms with Crippen molar-refractivity contribution < 1.29 is 9.59 Å². The van der Waals surface area contributed by atoms with E-state index in [4.69, 9.17) is 5.73 Å². The van der Waals surface area contributed by atoms with Gasteiger partial charge in [-0.3, -0.25) is 9.59 Å². The van der Waals surface area contributed by atoms with Crippen LogP contribution >= 0.6 is 0 Å². The van der Waals surface area contributed by atoms with Crippen LogP contribution in [-0.4, -0.2) is 45.3 Å². The summed E-state index contributed by atoms with van der Waals surface area (Å²) in [7, 11) is 0. The van der Waals surface area contributed by atoms with Crippen LogP contribution < -0.4 is 16.4 Å². The minimum atomic E-state index is -0.339. The standard InChI is InChI=1S/C18H30N6O2/c1-5-6-8-18(4,11-20-12(2)25)23-16-14-7-9-24(13(3)26)10-15(14)21-17(19)22-16/h5-11H2,1-4H3,(H,20,25)(H3,19,21,22,23). The molecule has 0 radical (unpaired) electrons. The number of nitrogens with two attached hydrogens (primary N) is 1. The molecule has 0 aliphatic carbocycles. The molecule has 26 heavy (non-hydrogen) atoms. The van der Waals surface area contributed by atoms with Gasteiger partial charge in [-0.2, -0.15) is 4.98 Å². The van der Waals surface area contributed by atoms with Crippen molar-refractivity contribution in [3.63, 3.8) is 0 Å². The van der Waals surface area contributed by atoms with Gasteiger partial charge in [0.25, 0.3) is 0 Å². The third-order valence-corrected chi connectivity index (χ3v) is 4.76. The molecule has 2 heterocycles. The summed E-state index contributed by atoms with van der Waals surface area (Å²) < 4.78 is 0. The lowest BCUT2D eigenvalue weighted by Crippen LogP contribution is -2.47. The molecule has 0 saturated heterocycles. The molecule has 0 spiro atoms. The number of anilines is 2. The third-order valence-electron chi connectivity index (χ3n) is 4.76. The fraction of sp³-hybridized carbons (Fsp3) is 0.667. The highest BCUT2D eigenvalue weighted by atomic mass is 16.2. The van der Waals surface area contributed by atoms with Gasteiger partial charge in [0.05, 0.1) is 17.8 Å². The number of amides is 2. The SMILES string of the molecule is CCCCC(C)(CNC(C)=O)Nc1nc(N)nc2c1CCN(C(C)=O)C2. The van der Waals surface area contributed by atoms with E-state index in [0.717, 1.165) is 30.5 Å². The maximum absolute atomic E-state index is 11.7. The molecular formula is C18H30N6O2. The smallest absolute Gasteiger partial charge is 0.222 e. The fourth-order valence-corrected chi connectivity index (χ4v) is 3.19. The number of aromatic nitrogens is 2. The van der Waals surface area contributed by atoms with Gasteiger partial charge in [-0.05, 0) is 19.8 Å². The summed E-state index contributed by atoms with van der Waals surface area (Å²) >= 11 is 0. The second-order valence-electron chi connectivity index (χ2n) is 7.25. The van der Waals surface area contributed by atoms with Crippen molar-refractivity contribution in [3.8, 4) is 0 Å².